The van der Waals surface area contributed by atoms with E-state index in [1.165, 1.54) is 66.8 Å². The highest BCUT2D eigenvalue weighted by Gasteiger charge is 2.47. The molecule has 0 aromatic heterocycles. The summed E-state index contributed by atoms with van der Waals surface area (Å²) < 4.78 is 2.20. The third-order valence-corrected chi connectivity index (χ3v) is 11.8. The number of halogens is 2. The smallest absolute Gasteiger partial charge is 0.0622 e. The van der Waals surface area contributed by atoms with Gasteiger partial charge in [-0.3, -0.25) is 0 Å². The van der Waals surface area contributed by atoms with Gasteiger partial charge in [0.2, 0.25) is 0 Å². The van der Waals surface area contributed by atoms with Crippen LogP contribution >= 0.6 is 31.9 Å². The number of fused-ring (bicyclic) bond motifs is 6. The summed E-state index contributed by atoms with van der Waals surface area (Å²) in [6.07, 6.45) is 0. The molecular weight excluding hydrogens is 760 g/mol. The molecule has 0 nitrogen and oxygen atoms in total. The van der Waals surface area contributed by atoms with Crippen LogP contribution in [0.4, 0.5) is 0 Å². The summed E-state index contributed by atoms with van der Waals surface area (Å²) in [5.41, 5.74) is 15.3. The summed E-state index contributed by atoms with van der Waals surface area (Å²) in [7, 11) is 0. The van der Waals surface area contributed by atoms with Crippen molar-refractivity contribution in [1.29, 1.82) is 0 Å². The van der Waals surface area contributed by atoms with E-state index < -0.39 is 0 Å². The van der Waals surface area contributed by atoms with Crippen molar-refractivity contribution < 1.29 is 0 Å². The van der Waals surface area contributed by atoms with E-state index in [-0.39, 0.29) is 10.8 Å². The molecule has 0 aliphatic heterocycles. The van der Waals surface area contributed by atoms with Crippen LogP contribution in [0, 0.1) is 0 Å². The molecule has 0 heterocycles. The molecule has 8 aromatic carbocycles. The van der Waals surface area contributed by atoms with Crippen LogP contribution in [0.25, 0.3) is 22.3 Å². The molecule has 10 rings (SSSR count). The summed E-state index contributed by atoms with van der Waals surface area (Å²) >= 11 is 7.42. The Labute approximate surface area is 322 Å². The average molecular weight is 795 g/mol. The lowest BCUT2D eigenvalue weighted by Crippen LogP contribution is -2.28. The van der Waals surface area contributed by atoms with Crippen molar-refractivity contribution in [1.82, 2.24) is 0 Å². The zero-order valence-corrected chi connectivity index (χ0v) is 31.6. The minimum atomic E-state index is -0.333. The van der Waals surface area contributed by atoms with Gasteiger partial charge in [0.1, 0.15) is 0 Å². The van der Waals surface area contributed by atoms with Crippen molar-refractivity contribution in [2.45, 2.75) is 10.8 Å². The molecule has 0 N–H and O–H groups in total. The maximum atomic E-state index is 3.71. The molecule has 2 heteroatoms. The molecule has 8 aromatic rings. The second-order valence-corrected chi connectivity index (χ2v) is 15.3. The van der Waals surface area contributed by atoms with Gasteiger partial charge in [0.15, 0.2) is 0 Å². The predicted octanol–water partition coefficient (Wildman–Crippen LogP) is 13.6. The Bertz CT molecular complexity index is 2340. The molecule has 52 heavy (non-hydrogen) atoms. The van der Waals surface area contributed by atoms with Crippen molar-refractivity contribution in [2.24, 2.45) is 0 Å². The number of benzene rings is 8. The minimum absolute atomic E-state index is 0.254. The van der Waals surface area contributed by atoms with Crippen LogP contribution in [-0.4, -0.2) is 0 Å². The highest BCUT2D eigenvalue weighted by atomic mass is 79.9. The lowest BCUT2D eigenvalue weighted by molar-refractivity contribution is 0.767. The summed E-state index contributed by atoms with van der Waals surface area (Å²) in [6, 6.07) is 74.4. The minimum Gasteiger partial charge on any atom is -0.0622 e. The first-order valence-electron chi connectivity index (χ1n) is 17.7. The zero-order chi connectivity index (χ0) is 35.1. The monoisotopic (exact) mass is 792 g/mol. The van der Waals surface area contributed by atoms with Crippen molar-refractivity contribution >= 4 is 31.9 Å². The highest BCUT2D eigenvalue weighted by Crippen LogP contribution is 2.58. The first kappa shape index (κ1) is 32.6. The predicted molar refractivity (Wildman–Crippen MR) is 223 cm³/mol. The number of rotatable bonds is 4. The molecule has 0 saturated heterocycles. The summed E-state index contributed by atoms with van der Waals surface area (Å²) in [5.74, 6) is 0. The van der Waals surface area contributed by atoms with Gasteiger partial charge in [0, 0.05) is 8.95 Å². The lowest BCUT2D eigenvalue weighted by atomic mass is 9.68. The van der Waals surface area contributed by atoms with Crippen LogP contribution in [0.5, 0.6) is 0 Å². The third-order valence-electron chi connectivity index (χ3n) is 10.8. The van der Waals surface area contributed by atoms with Crippen LogP contribution < -0.4 is 0 Å². The molecule has 0 fully saturated rings. The van der Waals surface area contributed by atoms with Gasteiger partial charge < -0.3 is 0 Å². The Morgan fingerprint density at radius 2 is 0.519 bits per heavy atom. The van der Waals surface area contributed by atoms with Gasteiger partial charge >= 0.3 is 0 Å². The fourth-order valence-corrected chi connectivity index (χ4v) is 9.56. The van der Waals surface area contributed by atoms with Gasteiger partial charge in [-0.05, 0) is 91.0 Å². The second kappa shape index (κ2) is 13.4. The normalized spacial score (nSPS) is 13.9. The molecule has 2 aliphatic carbocycles. The number of hydrogen-bond donors (Lipinski definition) is 0. The Morgan fingerprint density at radius 3 is 0.865 bits per heavy atom. The highest BCUT2D eigenvalue weighted by molar-refractivity contribution is 9.10. The SMILES string of the molecule is Brc1ccc2c(c1)C(c1ccccc1)(c1ccccc1)c1cc(Br)ccc1-2.c1ccc(C2(c3ccccc3)c3ccccc3-c3ccccc32)cc1. The van der Waals surface area contributed by atoms with Crippen molar-refractivity contribution in [3.63, 3.8) is 0 Å². The standard InChI is InChI=1S/C25H16Br2.C25H18/c26-19-11-13-21-22-14-12-20(27)16-24(22)25(23(21)15-19,17-7-3-1-4-8-17)18-9-5-2-6-10-18;1-3-11-19(12-4-1)25(20-13-5-2-6-14-20)23-17-9-7-15-21(23)22-16-8-10-18-24(22)25/h1-16H;1-18H. The molecule has 0 atom stereocenters. The van der Waals surface area contributed by atoms with E-state index in [0.29, 0.717) is 0 Å². The van der Waals surface area contributed by atoms with Gasteiger partial charge in [-0.2, -0.15) is 0 Å². The maximum absolute atomic E-state index is 3.71. The fourth-order valence-electron chi connectivity index (χ4n) is 8.83. The Balaban J connectivity index is 0.000000139. The van der Waals surface area contributed by atoms with Crippen LogP contribution in [0.15, 0.2) is 215 Å². The maximum Gasteiger partial charge on any atom is 0.0714 e. The van der Waals surface area contributed by atoms with E-state index >= 15 is 0 Å². The molecule has 0 unspecified atom stereocenters. The average Bonchev–Trinajstić information content (AvgIpc) is 3.67. The molecule has 2 aliphatic rings. The lowest BCUT2D eigenvalue weighted by Gasteiger charge is -2.34. The van der Waals surface area contributed by atoms with Crippen LogP contribution in [-0.2, 0) is 10.8 Å². The number of hydrogen-bond acceptors (Lipinski definition) is 0. The largest absolute Gasteiger partial charge is 0.0714 e. The van der Waals surface area contributed by atoms with Gasteiger partial charge in [-0.1, -0.05) is 214 Å². The van der Waals surface area contributed by atoms with Gasteiger partial charge in [0.25, 0.3) is 0 Å². The summed E-state index contributed by atoms with van der Waals surface area (Å²) in [6.45, 7) is 0. The summed E-state index contributed by atoms with van der Waals surface area (Å²) in [4.78, 5) is 0. The summed E-state index contributed by atoms with van der Waals surface area (Å²) in [5, 5.41) is 0. The first-order chi connectivity index (χ1) is 25.6. The van der Waals surface area contributed by atoms with Crippen molar-refractivity contribution in [3.05, 3.63) is 260 Å². The molecule has 0 amide bonds. The molecule has 0 radical (unpaired) electrons. The Hall–Kier alpha value is -5.28. The van der Waals surface area contributed by atoms with E-state index in [4.69, 9.17) is 0 Å². The second-order valence-electron chi connectivity index (χ2n) is 13.4. The fraction of sp³-hybridized carbons (Fsp3) is 0.0400. The van der Waals surface area contributed by atoms with Crippen LogP contribution in [0.3, 0.4) is 0 Å². The molecule has 0 bridgehead atoms. The Morgan fingerprint density at radius 1 is 0.250 bits per heavy atom. The van der Waals surface area contributed by atoms with Gasteiger partial charge in [-0.15, -0.1) is 0 Å². The molecule has 0 spiro atoms. The van der Waals surface area contributed by atoms with Crippen molar-refractivity contribution in [2.75, 3.05) is 0 Å². The topological polar surface area (TPSA) is 0 Å². The quantitative estimate of drug-likeness (QED) is 0.166. The molecule has 0 saturated carbocycles. The van der Waals surface area contributed by atoms with E-state index in [9.17, 15) is 0 Å². The first-order valence-corrected chi connectivity index (χ1v) is 19.2. The van der Waals surface area contributed by atoms with E-state index in [1.807, 2.05) is 0 Å². The molecule has 248 valence electrons. The van der Waals surface area contributed by atoms with E-state index in [1.54, 1.807) is 0 Å². The zero-order valence-electron chi connectivity index (χ0n) is 28.4. The van der Waals surface area contributed by atoms with Gasteiger partial charge in [0.05, 0.1) is 10.8 Å². The van der Waals surface area contributed by atoms with Gasteiger partial charge in [-0.25, -0.2) is 0 Å². The van der Waals surface area contributed by atoms with E-state index in [2.05, 4.69) is 238 Å². The van der Waals surface area contributed by atoms with Crippen LogP contribution in [0.1, 0.15) is 44.5 Å². The van der Waals surface area contributed by atoms with Crippen LogP contribution in [0.2, 0.25) is 0 Å². The van der Waals surface area contributed by atoms with E-state index in [0.717, 1.165) is 8.95 Å². The molecular formula is C50H34Br2. The Kier molecular flexibility index (Phi) is 8.38. The third kappa shape index (κ3) is 5.00. The van der Waals surface area contributed by atoms with Crippen molar-refractivity contribution in [3.8, 4) is 22.3 Å².